The third kappa shape index (κ3) is 2.73. The van der Waals surface area contributed by atoms with E-state index >= 15 is 0 Å². The first-order valence-corrected chi connectivity index (χ1v) is 9.77. The monoisotopic (exact) mass is 361 g/mol. The van der Waals surface area contributed by atoms with Crippen molar-refractivity contribution in [1.29, 1.82) is 0 Å². The maximum Gasteiger partial charge on any atom is 0.226 e. The second-order valence-corrected chi connectivity index (χ2v) is 7.62. The highest BCUT2D eigenvalue weighted by atomic mass is 32.1. The summed E-state index contributed by atoms with van der Waals surface area (Å²) >= 11 is 1.69. The molecular weight excluding hydrogens is 342 g/mol. The lowest BCUT2D eigenvalue weighted by Gasteiger charge is -2.31. The van der Waals surface area contributed by atoms with Crippen LogP contribution in [0, 0.1) is 0 Å². The highest BCUT2D eigenvalue weighted by molar-refractivity contribution is 7.16. The highest BCUT2D eigenvalue weighted by Gasteiger charge is 2.26. The first-order valence-electron chi connectivity index (χ1n) is 8.89. The van der Waals surface area contributed by atoms with Crippen LogP contribution in [-0.2, 0) is 13.0 Å². The number of rotatable bonds is 3. The van der Waals surface area contributed by atoms with Crippen LogP contribution in [0.1, 0.15) is 30.0 Å². The number of benzene rings is 2. The average Bonchev–Trinajstić information content (AvgIpc) is 3.33. The first kappa shape index (κ1) is 15.7. The Morgan fingerprint density at radius 1 is 1.15 bits per heavy atom. The molecule has 0 amide bonds. The van der Waals surface area contributed by atoms with Gasteiger partial charge in [0.2, 0.25) is 5.89 Å². The average molecular weight is 361 g/mol. The molecule has 0 saturated carbocycles. The van der Waals surface area contributed by atoms with E-state index < -0.39 is 0 Å². The standard InChI is InChI=1S/C21H19N3OS/c1-14(16-7-8-20-18(11-16)22-13-26-20)24-10-9-17-19(12-24)25-21(23-17)15-5-3-2-4-6-15/h2-8,11,13-14H,9-10,12H2,1H3. The lowest BCUT2D eigenvalue weighted by Crippen LogP contribution is -2.32. The van der Waals surface area contributed by atoms with Crippen molar-refractivity contribution in [3.63, 3.8) is 0 Å². The Kier molecular flexibility index (Phi) is 3.84. The van der Waals surface area contributed by atoms with Gasteiger partial charge in [0, 0.05) is 24.6 Å². The van der Waals surface area contributed by atoms with E-state index in [1.54, 1.807) is 11.3 Å². The Morgan fingerprint density at radius 2 is 2.04 bits per heavy atom. The van der Waals surface area contributed by atoms with E-state index in [1.165, 1.54) is 10.3 Å². The van der Waals surface area contributed by atoms with Crippen molar-refractivity contribution < 1.29 is 4.42 Å². The second-order valence-electron chi connectivity index (χ2n) is 6.73. The van der Waals surface area contributed by atoms with Crippen LogP contribution < -0.4 is 0 Å². The minimum atomic E-state index is 0.319. The third-order valence-electron chi connectivity index (χ3n) is 5.17. The minimum Gasteiger partial charge on any atom is -0.440 e. The first-order chi connectivity index (χ1) is 12.8. The predicted octanol–water partition coefficient (Wildman–Crippen LogP) is 5.07. The van der Waals surface area contributed by atoms with Gasteiger partial charge in [-0.15, -0.1) is 11.3 Å². The number of aromatic nitrogens is 2. The Balaban J connectivity index is 1.40. The van der Waals surface area contributed by atoms with E-state index in [2.05, 4.69) is 35.0 Å². The van der Waals surface area contributed by atoms with Crippen molar-refractivity contribution in [1.82, 2.24) is 14.9 Å². The summed E-state index contributed by atoms with van der Waals surface area (Å²) in [5.41, 5.74) is 6.43. The van der Waals surface area contributed by atoms with Gasteiger partial charge >= 0.3 is 0 Å². The summed E-state index contributed by atoms with van der Waals surface area (Å²) in [5.74, 6) is 1.73. The number of nitrogens with zero attached hydrogens (tertiary/aromatic N) is 3. The van der Waals surface area contributed by atoms with E-state index in [1.807, 2.05) is 35.8 Å². The van der Waals surface area contributed by atoms with E-state index in [0.717, 1.165) is 47.9 Å². The molecule has 1 atom stereocenters. The number of fused-ring (bicyclic) bond motifs is 2. The fourth-order valence-corrected chi connectivity index (χ4v) is 4.25. The molecule has 0 aliphatic carbocycles. The van der Waals surface area contributed by atoms with E-state index in [0.29, 0.717) is 6.04 Å². The molecule has 26 heavy (non-hydrogen) atoms. The van der Waals surface area contributed by atoms with E-state index in [-0.39, 0.29) is 0 Å². The zero-order chi connectivity index (χ0) is 17.5. The summed E-state index contributed by atoms with van der Waals surface area (Å²) < 4.78 is 7.34. The quantitative estimate of drug-likeness (QED) is 0.511. The van der Waals surface area contributed by atoms with Gasteiger partial charge in [0.25, 0.3) is 0 Å². The molecule has 0 bridgehead atoms. The Hall–Kier alpha value is -2.50. The molecule has 0 N–H and O–H groups in total. The van der Waals surface area contributed by atoms with Gasteiger partial charge in [-0.3, -0.25) is 4.90 Å². The maximum atomic E-state index is 6.10. The van der Waals surface area contributed by atoms with E-state index in [9.17, 15) is 0 Å². The van der Waals surface area contributed by atoms with Crippen molar-refractivity contribution in [2.24, 2.45) is 0 Å². The van der Waals surface area contributed by atoms with Crippen LogP contribution in [0.5, 0.6) is 0 Å². The van der Waals surface area contributed by atoms with Gasteiger partial charge in [-0.1, -0.05) is 24.3 Å². The van der Waals surface area contributed by atoms with Gasteiger partial charge in [-0.2, -0.15) is 0 Å². The van der Waals surface area contributed by atoms with Crippen molar-refractivity contribution in [3.8, 4) is 11.5 Å². The third-order valence-corrected chi connectivity index (χ3v) is 5.98. The molecule has 3 heterocycles. The molecule has 1 aliphatic rings. The van der Waals surface area contributed by atoms with Crippen LogP contribution in [0.3, 0.4) is 0 Å². The molecule has 0 radical (unpaired) electrons. The summed E-state index contributed by atoms with van der Waals surface area (Å²) in [5, 5.41) is 0. The van der Waals surface area contributed by atoms with Gasteiger partial charge in [-0.05, 0) is 36.8 Å². The molecule has 4 nitrogen and oxygen atoms in total. The maximum absolute atomic E-state index is 6.10. The lowest BCUT2D eigenvalue weighted by molar-refractivity contribution is 0.174. The number of hydrogen-bond donors (Lipinski definition) is 0. The number of thiazole rings is 1. The minimum absolute atomic E-state index is 0.319. The Labute approximate surface area is 156 Å². The summed E-state index contributed by atoms with van der Waals surface area (Å²) in [6.45, 7) is 4.04. The normalized spacial score (nSPS) is 15.9. The van der Waals surface area contributed by atoms with Gasteiger partial charge in [0.15, 0.2) is 0 Å². The van der Waals surface area contributed by atoms with E-state index in [4.69, 9.17) is 9.40 Å². The molecule has 4 aromatic rings. The smallest absolute Gasteiger partial charge is 0.226 e. The Bertz CT molecular complexity index is 1050. The zero-order valence-corrected chi connectivity index (χ0v) is 15.4. The second kappa shape index (κ2) is 6.34. The molecule has 2 aromatic heterocycles. The largest absolute Gasteiger partial charge is 0.440 e. The summed E-state index contributed by atoms with van der Waals surface area (Å²) in [4.78, 5) is 11.6. The number of oxazole rings is 1. The number of hydrogen-bond acceptors (Lipinski definition) is 5. The van der Waals surface area contributed by atoms with Crippen LogP contribution in [-0.4, -0.2) is 21.4 Å². The van der Waals surface area contributed by atoms with Gasteiger partial charge in [-0.25, -0.2) is 9.97 Å². The molecule has 0 saturated heterocycles. The van der Waals surface area contributed by atoms with Crippen molar-refractivity contribution in [2.75, 3.05) is 6.54 Å². The fraction of sp³-hybridized carbons (Fsp3) is 0.238. The van der Waals surface area contributed by atoms with Crippen LogP contribution >= 0.6 is 11.3 Å². The predicted molar refractivity (Wildman–Crippen MR) is 104 cm³/mol. The van der Waals surface area contributed by atoms with Crippen LogP contribution in [0.15, 0.2) is 58.5 Å². The summed E-state index contributed by atoms with van der Waals surface area (Å²) in [6.07, 6.45) is 0.926. The van der Waals surface area contributed by atoms with Crippen LogP contribution in [0.4, 0.5) is 0 Å². The van der Waals surface area contributed by atoms with Gasteiger partial charge in [0.05, 0.1) is 28.0 Å². The Morgan fingerprint density at radius 3 is 2.92 bits per heavy atom. The molecule has 5 heteroatoms. The van der Waals surface area contributed by atoms with Crippen LogP contribution in [0.25, 0.3) is 21.7 Å². The van der Waals surface area contributed by atoms with Gasteiger partial charge < -0.3 is 4.42 Å². The summed E-state index contributed by atoms with van der Waals surface area (Å²) in [7, 11) is 0. The summed E-state index contributed by atoms with van der Waals surface area (Å²) in [6, 6.07) is 17.0. The van der Waals surface area contributed by atoms with Crippen molar-refractivity contribution in [2.45, 2.75) is 25.9 Å². The van der Waals surface area contributed by atoms with Crippen LogP contribution in [0.2, 0.25) is 0 Å². The highest BCUT2D eigenvalue weighted by Crippen LogP contribution is 2.31. The molecule has 0 spiro atoms. The zero-order valence-electron chi connectivity index (χ0n) is 14.6. The molecule has 5 rings (SSSR count). The SMILES string of the molecule is CC(c1ccc2scnc2c1)N1CCc2nc(-c3ccccc3)oc2C1. The molecule has 0 fully saturated rings. The topological polar surface area (TPSA) is 42.2 Å². The fourth-order valence-electron chi connectivity index (χ4n) is 3.60. The molecular formula is C21H19N3OS. The molecule has 2 aromatic carbocycles. The van der Waals surface area contributed by atoms with Gasteiger partial charge in [0.1, 0.15) is 5.76 Å². The molecule has 1 unspecified atom stereocenters. The lowest BCUT2D eigenvalue weighted by atomic mass is 10.0. The molecule has 1 aliphatic heterocycles. The van der Waals surface area contributed by atoms with Crippen molar-refractivity contribution >= 4 is 21.6 Å². The van der Waals surface area contributed by atoms with Crippen molar-refractivity contribution in [3.05, 3.63) is 71.1 Å². The molecule has 130 valence electrons.